The zero-order valence-electron chi connectivity index (χ0n) is 17.0. The standard InChI is InChI=1S/C23H20N6O3/c30-17-9-18(27-21-5-8-26-29(21)12-15-3-1-6-24-11-15)22(20(31)10-17)23(32)28-13-16-4-2-7-25-19(16)14-28/h1-11,27,30-31H,12-14H2. The molecule has 3 N–H and O–H groups in total. The molecule has 32 heavy (non-hydrogen) atoms. The molecule has 1 aliphatic heterocycles. The minimum atomic E-state index is -0.360. The first-order valence-corrected chi connectivity index (χ1v) is 10.0. The van der Waals surface area contributed by atoms with E-state index < -0.39 is 0 Å². The van der Waals surface area contributed by atoms with Crippen LogP contribution >= 0.6 is 0 Å². The van der Waals surface area contributed by atoms with Crippen molar-refractivity contribution in [1.82, 2.24) is 24.6 Å². The van der Waals surface area contributed by atoms with E-state index >= 15 is 0 Å². The van der Waals surface area contributed by atoms with Crippen molar-refractivity contribution in [1.29, 1.82) is 0 Å². The van der Waals surface area contributed by atoms with Gasteiger partial charge in [-0.3, -0.25) is 14.8 Å². The number of carbonyl (C=O) groups is 1. The summed E-state index contributed by atoms with van der Waals surface area (Å²) < 4.78 is 1.71. The fourth-order valence-corrected chi connectivity index (χ4v) is 3.80. The Bertz CT molecular complexity index is 1260. The van der Waals surface area contributed by atoms with Crippen LogP contribution in [0.4, 0.5) is 11.5 Å². The molecule has 0 fully saturated rings. The summed E-state index contributed by atoms with van der Waals surface area (Å²) in [6, 6.07) is 11.9. The molecule has 0 saturated heterocycles. The Morgan fingerprint density at radius 3 is 2.75 bits per heavy atom. The molecule has 0 saturated carbocycles. The smallest absolute Gasteiger partial charge is 0.260 e. The van der Waals surface area contributed by atoms with Crippen LogP contribution in [0.25, 0.3) is 0 Å². The summed E-state index contributed by atoms with van der Waals surface area (Å²) >= 11 is 0. The summed E-state index contributed by atoms with van der Waals surface area (Å²) in [7, 11) is 0. The molecule has 5 rings (SSSR count). The number of hydrogen-bond acceptors (Lipinski definition) is 7. The molecule has 4 heterocycles. The van der Waals surface area contributed by atoms with Crippen LogP contribution in [0.3, 0.4) is 0 Å². The Morgan fingerprint density at radius 2 is 1.94 bits per heavy atom. The molecule has 0 aliphatic carbocycles. The third-order valence-electron chi connectivity index (χ3n) is 5.32. The fourth-order valence-electron chi connectivity index (χ4n) is 3.80. The van der Waals surface area contributed by atoms with E-state index in [0.29, 0.717) is 25.5 Å². The van der Waals surface area contributed by atoms with Crippen molar-refractivity contribution in [2.24, 2.45) is 0 Å². The van der Waals surface area contributed by atoms with E-state index in [9.17, 15) is 15.0 Å². The molecule has 0 spiro atoms. The summed E-state index contributed by atoms with van der Waals surface area (Å²) in [4.78, 5) is 23.4. The van der Waals surface area contributed by atoms with Gasteiger partial charge >= 0.3 is 0 Å². The summed E-state index contributed by atoms with van der Waals surface area (Å²) in [5.74, 6) is -0.230. The average Bonchev–Trinajstić information content (AvgIpc) is 3.41. The lowest BCUT2D eigenvalue weighted by molar-refractivity contribution is 0.0748. The van der Waals surface area contributed by atoms with E-state index in [1.165, 1.54) is 6.07 Å². The van der Waals surface area contributed by atoms with Gasteiger partial charge in [0.15, 0.2) is 0 Å². The normalized spacial score (nSPS) is 12.6. The van der Waals surface area contributed by atoms with Crippen LogP contribution in [0.2, 0.25) is 0 Å². The summed E-state index contributed by atoms with van der Waals surface area (Å²) in [6.07, 6.45) is 6.78. The molecule has 1 aromatic carbocycles. The topological polar surface area (TPSA) is 116 Å². The monoisotopic (exact) mass is 428 g/mol. The van der Waals surface area contributed by atoms with Gasteiger partial charge in [-0.2, -0.15) is 5.10 Å². The largest absolute Gasteiger partial charge is 0.508 e. The first-order chi connectivity index (χ1) is 15.6. The maximum absolute atomic E-state index is 13.4. The zero-order valence-corrected chi connectivity index (χ0v) is 17.0. The molecule has 3 aromatic heterocycles. The van der Waals surface area contributed by atoms with E-state index in [1.807, 2.05) is 24.3 Å². The van der Waals surface area contributed by atoms with Crippen molar-refractivity contribution < 1.29 is 15.0 Å². The highest BCUT2D eigenvalue weighted by atomic mass is 16.3. The number of phenols is 2. The van der Waals surface area contributed by atoms with Gasteiger partial charge in [-0.25, -0.2) is 4.68 Å². The maximum Gasteiger partial charge on any atom is 0.260 e. The Kier molecular flexibility index (Phi) is 4.91. The SMILES string of the molecule is O=C(c1c(O)cc(O)cc1Nc1ccnn1Cc1cccnc1)N1Cc2cccnc2C1. The van der Waals surface area contributed by atoms with Crippen LogP contribution in [0, 0.1) is 0 Å². The van der Waals surface area contributed by atoms with Gasteiger partial charge < -0.3 is 20.4 Å². The fraction of sp³-hybridized carbons (Fsp3) is 0.130. The molecular formula is C23H20N6O3. The summed E-state index contributed by atoms with van der Waals surface area (Å²) in [5, 5.41) is 28.1. The zero-order chi connectivity index (χ0) is 22.1. The number of nitrogens with one attached hydrogen (secondary N) is 1. The molecule has 4 aromatic rings. The first-order valence-electron chi connectivity index (χ1n) is 10.0. The van der Waals surface area contributed by atoms with Gasteiger partial charge in [0.2, 0.25) is 0 Å². The number of phenolic OH excluding ortho intramolecular Hbond substituents is 2. The number of benzene rings is 1. The number of amides is 1. The quantitative estimate of drug-likeness (QED) is 0.447. The van der Waals surface area contributed by atoms with Crippen molar-refractivity contribution >= 4 is 17.4 Å². The second-order valence-electron chi connectivity index (χ2n) is 7.52. The van der Waals surface area contributed by atoms with E-state index in [1.54, 1.807) is 40.4 Å². The van der Waals surface area contributed by atoms with E-state index in [-0.39, 0.29) is 28.7 Å². The average molecular weight is 428 g/mol. The van der Waals surface area contributed by atoms with Gasteiger partial charge in [0.1, 0.15) is 22.9 Å². The van der Waals surface area contributed by atoms with Gasteiger partial charge in [-0.1, -0.05) is 12.1 Å². The minimum absolute atomic E-state index is 0.0738. The number of carbonyl (C=O) groups excluding carboxylic acids is 1. The Balaban J connectivity index is 1.45. The number of aromatic nitrogens is 4. The second kappa shape index (κ2) is 8.03. The van der Waals surface area contributed by atoms with Gasteiger partial charge in [-0.15, -0.1) is 0 Å². The highest BCUT2D eigenvalue weighted by molar-refractivity contribution is 6.03. The van der Waals surface area contributed by atoms with E-state index in [0.717, 1.165) is 22.9 Å². The molecule has 0 atom stereocenters. The molecular weight excluding hydrogens is 408 g/mol. The third kappa shape index (κ3) is 3.71. The van der Waals surface area contributed by atoms with Gasteiger partial charge in [-0.05, 0) is 23.3 Å². The minimum Gasteiger partial charge on any atom is -0.508 e. The molecule has 0 bridgehead atoms. The van der Waals surface area contributed by atoms with Gasteiger partial charge in [0, 0.05) is 43.3 Å². The molecule has 9 nitrogen and oxygen atoms in total. The number of rotatable bonds is 5. The van der Waals surface area contributed by atoms with E-state index in [2.05, 4.69) is 20.4 Å². The summed E-state index contributed by atoms with van der Waals surface area (Å²) in [6.45, 7) is 1.22. The van der Waals surface area contributed by atoms with Crippen LogP contribution in [0.1, 0.15) is 27.2 Å². The van der Waals surface area contributed by atoms with Gasteiger partial charge in [0.05, 0.1) is 30.7 Å². The van der Waals surface area contributed by atoms with Crippen LogP contribution in [0.15, 0.2) is 67.3 Å². The predicted octanol–water partition coefficient (Wildman–Crippen LogP) is 3.03. The lowest BCUT2D eigenvalue weighted by atomic mass is 10.1. The van der Waals surface area contributed by atoms with Crippen molar-refractivity contribution in [3.63, 3.8) is 0 Å². The third-order valence-corrected chi connectivity index (χ3v) is 5.32. The number of fused-ring (bicyclic) bond motifs is 1. The van der Waals surface area contributed by atoms with Crippen LogP contribution < -0.4 is 5.32 Å². The highest BCUT2D eigenvalue weighted by Gasteiger charge is 2.29. The number of anilines is 2. The van der Waals surface area contributed by atoms with E-state index in [4.69, 9.17) is 0 Å². The summed E-state index contributed by atoms with van der Waals surface area (Å²) in [5.41, 5.74) is 3.12. The molecule has 1 aliphatic rings. The number of hydrogen-bond donors (Lipinski definition) is 3. The van der Waals surface area contributed by atoms with Crippen LogP contribution in [-0.2, 0) is 19.6 Å². The first kappa shape index (κ1) is 19.6. The number of aromatic hydroxyl groups is 2. The number of nitrogens with zero attached hydrogens (tertiary/aromatic N) is 5. The van der Waals surface area contributed by atoms with Crippen molar-refractivity contribution in [2.75, 3.05) is 5.32 Å². The molecule has 1 amide bonds. The molecule has 9 heteroatoms. The van der Waals surface area contributed by atoms with Crippen molar-refractivity contribution in [3.05, 3.63) is 89.6 Å². The molecule has 160 valence electrons. The molecule has 0 radical (unpaired) electrons. The van der Waals surface area contributed by atoms with Crippen LogP contribution in [0.5, 0.6) is 11.5 Å². The highest BCUT2D eigenvalue weighted by Crippen LogP contribution is 2.35. The van der Waals surface area contributed by atoms with Crippen molar-refractivity contribution in [3.8, 4) is 11.5 Å². The predicted molar refractivity (Wildman–Crippen MR) is 116 cm³/mol. The Labute approximate surface area is 183 Å². The lowest BCUT2D eigenvalue weighted by Gasteiger charge is -2.20. The maximum atomic E-state index is 13.4. The lowest BCUT2D eigenvalue weighted by Crippen LogP contribution is -2.26. The van der Waals surface area contributed by atoms with Crippen molar-refractivity contribution in [2.45, 2.75) is 19.6 Å². The number of pyridine rings is 2. The molecule has 0 unspecified atom stereocenters. The van der Waals surface area contributed by atoms with Crippen LogP contribution in [-0.4, -0.2) is 40.8 Å². The Morgan fingerprint density at radius 1 is 1.06 bits per heavy atom. The van der Waals surface area contributed by atoms with Gasteiger partial charge in [0.25, 0.3) is 5.91 Å². The Hall–Kier alpha value is -4.40. The second-order valence-corrected chi connectivity index (χ2v) is 7.52.